The summed E-state index contributed by atoms with van der Waals surface area (Å²) < 4.78 is -0.567. The van der Waals surface area contributed by atoms with E-state index in [2.05, 4.69) is 10.6 Å². The van der Waals surface area contributed by atoms with Crippen molar-refractivity contribution in [2.75, 3.05) is 7.05 Å². The van der Waals surface area contributed by atoms with Gasteiger partial charge in [-0.1, -0.05) is 0 Å². The molecule has 0 bridgehead atoms. The minimum atomic E-state index is -1.01. The molecule has 1 rings (SSSR count). The summed E-state index contributed by atoms with van der Waals surface area (Å²) in [6, 6.07) is 9.14. The second kappa shape index (κ2) is 7.75. The van der Waals surface area contributed by atoms with Crippen LogP contribution < -0.4 is 10.6 Å². The van der Waals surface area contributed by atoms with Crippen LogP contribution in [0.1, 0.15) is 38.1 Å². The first-order valence-corrected chi connectivity index (χ1v) is 9.44. The van der Waals surface area contributed by atoms with Crippen LogP contribution in [-0.4, -0.2) is 45.1 Å². The second-order valence-corrected chi connectivity index (χ2v) is 9.44. The van der Waals surface area contributed by atoms with Gasteiger partial charge in [-0.3, -0.25) is 0 Å². The third-order valence-electron chi connectivity index (χ3n) is 3.48. The molecule has 5 nitrogen and oxygen atoms in total. The van der Waals surface area contributed by atoms with Crippen LogP contribution in [0, 0.1) is 0 Å². The van der Waals surface area contributed by atoms with Crippen LogP contribution in [0.15, 0.2) is 30.3 Å². The normalized spacial score (nSPS) is 13.8. The number of benzene rings is 1. The van der Waals surface area contributed by atoms with Crippen molar-refractivity contribution in [3.63, 3.8) is 0 Å². The molecule has 0 aliphatic rings. The Morgan fingerprint density at radius 3 is 2.13 bits per heavy atom. The van der Waals surface area contributed by atoms with Crippen LogP contribution in [0.3, 0.4) is 0 Å². The van der Waals surface area contributed by atoms with Gasteiger partial charge in [-0.05, 0) is 0 Å². The first-order valence-electron chi connectivity index (χ1n) is 7.37. The van der Waals surface area contributed by atoms with Crippen LogP contribution in [0.5, 0.6) is 0 Å². The fourth-order valence-electron chi connectivity index (χ4n) is 2.15. The molecule has 0 aromatic heterocycles. The van der Waals surface area contributed by atoms with Gasteiger partial charge in [-0.2, -0.15) is 0 Å². The van der Waals surface area contributed by atoms with Crippen LogP contribution in [0.4, 0.5) is 0 Å². The molecule has 23 heavy (non-hydrogen) atoms. The number of ketones is 1. The minimum absolute atomic E-state index is 0.0557. The molecular formula is C17H24N2O3Se. The van der Waals surface area contributed by atoms with Gasteiger partial charge in [0.1, 0.15) is 0 Å². The van der Waals surface area contributed by atoms with Gasteiger partial charge >= 0.3 is 143 Å². The average Bonchev–Trinajstić information content (AvgIpc) is 2.51. The van der Waals surface area contributed by atoms with Crippen LogP contribution in [0.2, 0.25) is 9.63 Å². The molecule has 0 saturated carbocycles. The number of likely N-dealkylation sites (N-methyl/N-ethyl adjacent to an activating group) is 1. The summed E-state index contributed by atoms with van der Waals surface area (Å²) >= 11 is -0.177. The van der Waals surface area contributed by atoms with Crippen molar-refractivity contribution < 1.29 is 14.4 Å². The van der Waals surface area contributed by atoms with Gasteiger partial charge in [-0.25, -0.2) is 0 Å². The maximum atomic E-state index is 12.7. The summed E-state index contributed by atoms with van der Waals surface area (Å²) in [6.45, 7) is 6.85. The Kier molecular flexibility index (Phi) is 6.54. The molecule has 0 spiro atoms. The Hall–Kier alpha value is -1.65. The van der Waals surface area contributed by atoms with Crippen molar-refractivity contribution in [2.45, 2.75) is 42.9 Å². The number of hydrogen-bond donors (Lipinski definition) is 2. The average molecular weight is 383 g/mol. The second-order valence-electron chi connectivity index (χ2n) is 6.09. The number of carbonyl (C=O) groups is 3. The molecule has 1 unspecified atom stereocenters. The zero-order valence-corrected chi connectivity index (χ0v) is 15.9. The van der Waals surface area contributed by atoms with Crippen LogP contribution in [-0.2, 0) is 9.59 Å². The van der Waals surface area contributed by atoms with Crippen molar-refractivity contribution in [3.8, 4) is 0 Å². The van der Waals surface area contributed by atoms with E-state index in [0.717, 1.165) is 0 Å². The number of carbonyl (C=O) groups excluding carboxylic acids is 3. The third kappa shape index (κ3) is 5.19. The summed E-state index contributed by atoms with van der Waals surface area (Å²) in [5.74, 6) is -0.461. The molecule has 1 aromatic rings. The Labute approximate surface area is 143 Å². The molecule has 1 aromatic carbocycles. The molecule has 2 N–H and O–H groups in total. The van der Waals surface area contributed by atoms with Crippen molar-refractivity contribution >= 4 is 32.6 Å². The predicted octanol–water partition coefficient (Wildman–Crippen LogP) is 1.83. The molecule has 2 amide bonds. The van der Waals surface area contributed by atoms with Gasteiger partial charge in [0.05, 0.1) is 0 Å². The molecular weight excluding hydrogens is 359 g/mol. The predicted molar refractivity (Wildman–Crippen MR) is 91.7 cm³/mol. The van der Waals surface area contributed by atoms with Crippen LogP contribution in [0.25, 0.3) is 0 Å². The van der Waals surface area contributed by atoms with E-state index >= 15 is 0 Å². The molecule has 0 radical (unpaired) electrons. The standard InChI is InChI=1S/C17H24N2O3Se/c1-12(20)19-17(4,15(22)18-5)11-23-16(2,3)14(21)13-9-7-6-8-10-13/h6-10H,11H2,1-5H3,(H,18,22)(H,19,20). The van der Waals surface area contributed by atoms with Crippen molar-refractivity contribution in [3.05, 3.63) is 35.9 Å². The molecule has 1 atom stereocenters. The van der Waals surface area contributed by atoms with E-state index in [0.29, 0.717) is 10.9 Å². The number of hydrogen-bond acceptors (Lipinski definition) is 3. The number of nitrogens with one attached hydrogen (secondary N) is 2. The van der Waals surface area contributed by atoms with Gasteiger partial charge < -0.3 is 0 Å². The van der Waals surface area contributed by atoms with Gasteiger partial charge in [-0.15, -0.1) is 0 Å². The fourth-order valence-corrected chi connectivity index (χ4v) is 4.46. The molecule has 0 heterocycles. The molecule has 0 fully saturated rings. The zero-order valence-electron chi connectivity index (χ0n) is 14.2. The van der Waals surface area contributed by atoms with E-state index in [1.54, 1.807) is 19.1 Å². The SMILES string of the molecule is CNC(=O)C(C)(C[Se]C(C)(C)C(=O)c1ccccc1)NC(C)=O. The van der Waals surface area contributed by atoms with Crippen molar-refractivity contribution in [1.82, 2.24) is 10.6 Å². The first-order chi connectivity index (χ1) is 10.6. The number of amides is 2. The van der Waals surface area contributed by atoms with Crippen LogP contribution >= 0.6 is 0 Å². The van der Waals surface area contributed by atoms with E-state index in [1.165, 1.54) is 14.0 Å². The van der Waals surface area contributed by atoms with Gasteiger partial charge in [0.15, 0.2) is 0 Å². The summed E-state index contributed by atoms with van der Waals surface area (Å²) in [5.41, 5.74) is -0.338. The molecule has 0 aliphatic carbocycles. The Morgan fingerprint density at radius 1 is 1.09 bits per heavy atom. The monoisotopic (exact) mass is 384 g/mol. The van der Waals surface area contributed by atoms with E-state index in [-0.39, 0.29) is 32.6 Å². The topological polar surface area (TPSA) is 75.3 Å². The summed E-state index contributed by atoms with van der Waals surface area (Å²) in [6.07, 6.45) is 0. The number of Topliss-reactive ketones (excluding diaryl/α,β-unsaturated/α-hetero) is 1. The quantitative estimate of drug-likeness (QED) is 0.557. The molecule has 0 saturated heterocycles. The summed E-state index contributed by atoms with van der Waals surface area (Å²) in [4.78, 5) is 36.2. The van der Waals surface area contributed by atoms with Gasteiger partial charge in [0.2, 0.25) is 0 Å². The first kappa shape index (κ1) is 19.4. The Balaban J connectivity index is 2.89. The Bertz CT molecular complexity index is 587. The fraction of sp³-hybridized carbons (Fsp3) is 0.471. The molecule has 6 heteroatoms. The molecule has 0 aliphatic heterocycles. The zero-order chi connectivity index (χ0) is 17.7. The van der Waals surface area contributed by atoms with E-state index in [1.807, 2.05) is 32.0 Å². The number of rotatable bonds is 7. The van der Waals surface area contributed by atoms with Crippen molar-refractivity contribution in [2.24, 2.45) is 0 Å². The van der Waals surface area contributed by atoms with E-state index in [9.17, 15) is 14.4 Å². The van der Waals surface area contributed by atoms with E-state index in [4.69, 9.17) is 0 Å². The summed E-state index contributed by atoms with van der Waals surface area (Å²) in [5, 5.41) is 5.73. The maximum absolute atomic E-state index is 12.7. The van der Waals surface area contributed by atoms with Crippen molar-refractivity contribution in [1.29, 1.82) is 0 Å². The van der Waals surface area contributed by atoms with Gasteiger partial charge in [0, 0.05) is 0 Å². The summed E-state index contributed by atoms with van der Waals surface area (Å²) in [7, 11) is 1.54. The Morgan fingerprint density at radius 2 is 1.65 bits per heavy atom. The van der Waals surface area contributed by atoms with E-state index < -0.39 is 9.85 Å². The molecule has 126 valence electrons. The third-order valence-corrected chi connectivity index (χ3v) is 6.90. The van der Waals surface area contributed by atoms with Gasteiger partial charge in [0.25, 0.3) is 0 Å².